The van der Waals surface area contributed by atoms with Crippen LogP contribution in [0.5, 0.6) is 0 Å². The van der Waals surface area contributed by atoms with Gasteiger partial charge in [0.1, 0.15) is 12.3 Å². The Balaban J connectivity index is 3.21. The average Bonchev–Trinajstić information content (AvgIpc) is 2.04. The number of nitro groups is 1. The predicted octanol–water partition coefficient (Wildman–Crippen LogP) is 1.15. The van der Waals surface area contributed by atoms with E-state index in [4.69, 9.17) is 5.26 Å². The number of thiol groups is 1. The first-order valence-corrected chi connectivity index (χ1v) is 3.33. The SMILES string of the molecule is N#Cc1ncc([N+](=O)[O-])cc1S. The third kappa shape index (κ3) is 1.52. The van der Waals surface area contributed by atoms with E-state index in [1.165, 1.54) is 6.07 Å². The Kier molecular flexibility index (Phi) is 2.26. The van der Waals surface area contributed by atoms with E-state index in [0.717, 1.165) is 6.20 Å². The molecule has 60 valence electrons. The maximum atomic E-state index is 10.2. The minimum atomic E-state index is -0.589. The summed E-state index contributed by atoms with van der Waals surface area (Å²) in [5.74, 6) is 0. The van der Waals surface area contributed by atoms with E-state index in [0.29, 0.717) is 0 Å². The largest absolute Gasteiger partial charge is 0.288 e. The Morgan fingerprint density at radius 2 is 2.42 bits per heavy atom. The molecule has 1 rings (SSSR count). The molecule has 0 bridgehead atoms. The number of hydrogen-bond donors (Lipinski definition) is 1. The van der Waals surface area contributed by atoms with Crippen molar-refractivity contribution in [2.24, 2.45) is 0 Å². The van der Waals surface area contributed by atoms with Crippen LogP contribution < -0.4 is 0 Å². The topological polar surface area (TPSA) is 79.8 Å². The normalized spacial score (nSPS) is 9.00. The van der Waals surface area contributed by atoms with Gasteiger partial charge in [-0.3, -0.25) is 10.1 Å². The van der Waals surface area contributed by atoms with Gasteiger partial charge < -0.3 is 0 Å². The lowest BCUT2D eigenvalue weighted by Gasteiger charge is -1.93. The summed E-state index contributed by atoms with van der Waals surface area (Å²) in [6, 6.07) is 2.94. The molecule has 0 aliphatic heterocycles. The lowest BCUT2D eigenvalue weighted by Crippen LogP contribution is -1.91. The zero-order valence-electron chi connectivity index (χ0n) is 5.76. The summed E-state index contributed by atoms with van der Waals surface area (Å²) in [6.07, 6.45) is 1.03. The predicted molar refractivity (Wildman–Crippen MR) is 42.9 cm³/mol. The van der Waals surface area contributed by atoms with Gasteiger partial charge in [0, 0.05) is 11.0 Å². The van der Waals surface area contributed by atoms with Crippen molar-refractivity contribution in [2.75, 3.05) is 0 Å². The molecule has 6 heteroatoms. The van der Waals surface area contributed by atoms with Crippen molar-refractivity contribution in [1.82, 2.24) is 4.98 Å². The van der Waals surface area contributed by atoms with Gasteiger partial charge in [-0.05, 0) is 0 Å². The van der Waals surface area contributed by atoms with Crippen LogP contribution in [0.1, 0.15) is 5.69 Å². The Labute approximate surface area is 73.2 Å². The summed E-state index contributed by atoms with van der Waals surface area (Å²) < 4.78 is 0. The van der Waals surface area contributed by atoms with E-state index in [1.54, 1.807) is 6.07 Å². The van der Waals surface area contributed by atoms with E-state index in [-0.39, 0.29) is 16.3 Å². The molecule has 0 N–H and O–H groups in total. The standard InChI is InChI=1S/C6H3N3O2S/c7-2-5-6(12)1-4(3-8-5)9(10)11/h1,3,12H. The Morgan fingerprint density at radius 3 is 2.83 bits per heavy atom. The number of nitriles is 1. The van der Waals surface area contributed by atoms with Crippen molar-refractivity contribution in [3.63, 3.8) is 0 Å². The van der Waals surface area contributed by atoms with Crippen LogP contribution in [0.2, 0.25) is 0 Å². The Hall–Kier alpha value is -1.61. The summed E-state index contributed by atoms with van der Waals surface area (Å²) in [4.78, 5) is 13.4. The second-order valence-corrected chi connectivity index (χ2v) is 2.41. The molecule has 0 aliphatic carbocycles. The first-order valence-electron chi connectivity index (χ1n) is 2.88. The number of hydrogen-bond acceptors (Lipinski definition) is 5. The molecule has 0 atom stereocenters. The van der Waals surface area contributed by atoms with Gasteiger partial charge in [0.25, 0.3) is 5.69 Å². The van der Waals surface area contributed by atoms with Gasteiger partial charge in [0.05, 0.1) is 4.92 Å². The molecule has 0 unspecified atom stereocenters. The highest BCUT2D eigenvalue weighted by atomic mass is 32.1. The number of pyridine rings is 1. The fraction of sp³-hybridized carbons (Fsp3) is 0. The van der Waals surface area contributed by atoms with Gasteiger partial charge in [0.2, 0.25) is 0 Å². The third-order valence-electron chi connectivity index (χ3n) is 1.17. The number of rotatable bonds is 1. The molecule has 1 aromatic rings. The van der Waals surface area contributed by atoms with Gasteiger partial charge in [-0.1, -0.05) is 0 Å². The first-order chi connectivity index (χ1) is 5.65. The van der Waals surface area contributed by atoms with Crippen molar-refractivity contribution in [1.29, 1.82) is 5.26 Å². The van der Waals surface area contributed by atoms with Gasteiger partial charge in [-0.15, -0.1) is 12.6 Å². The zero-order chi connectivity index (χ0) is 9.14. The minimum absolute atomic E-state index is 0.0870. The van der Waals surface area contributed by atoms with Crippen LogP contribution in [0.25, 0.3) is 0 Å². The molecule has 0 aromatic carbocycles. The van der Waals surface area contributed by atoms with Crippen molar-refractivity contribution in [3.8, 4) is 6.07 Å². The summed E-state index contributed by atoms with van der Waals surface area (Å²) in [6.45, 7) is 0. The Bertz CT molecular complexity index is 372. The maximum Gasteiger partial charge on any atom is 0.288 e. The first kappa shape index (κ1) is 8.49. The highest BCUT2D eigenvalue weighted by molar-refractivity contribution is 7.80. The molecule has 12 heavy (non-hydrogen) atoms. The second-order valence-electron chi connectivity index (χ2n) is 1.93. The summed E-state index contributed by atoms with van der Waals surface area (Å²) in [7, 11) is 0. The lowest BCUT2D eigenvalue weighted by atomic mass is 10.3. The quantitative estimate of drug-likeness (QED) is 0.400. The van der Waals surface area contributed by atoms with Gasteiger partial charge in [0.15, 0.2) is 5.69 Å². The third-order valence-corrected chi connectivity index (χ3v) is 1.51. The van der Waals surface area contributed by atoms with Crippen LogP contribution in [0, 0.1) is 21.4 Å². The van der Waals surface area contributed by atoms with Crippen LogP contribution in [-0.4, -0.2) is 9.91 Å². The van der Waals surface area contributed by atoms with Crippen LogP contribution >= 0.6 is 12.6 Å². The molecule has 0 radical (unpaired) electrons. The minimum Gasteiger partial charge on any atom is -0.258 e. The summed E-state index contributed by atoms with van der Waals surface area (Å²) >= 11 is 3.85. The van der Waals surface area contributed by atoms with E-state index in [2.05, 4.69) is 17.6 Å². The van der Waals surface area contributed by atoms with Gasteiger partial charge in [-0.25, -0.2) is 4.98 Å². The highest BCUT2D eigenvalue weighted by Crippen LogP contribution is 2.17. The van der Waals surface area contributed by atoms with Crippen molar-refractivity contribution < 1.29 is 4.92 Å². The zero-order valence-corrected chi connectivity index (χ0v) is 6.65. The summed E-state index contributed by atoms with van der Waals surface area (Å²) in [5, 5.41) is 18.6. The molecule has 0 aliphatic rings. The van der Waals surface area contributed by atoms with E-state index < -0.39 is 4.92 Å². The van der Waals surface area contributed by atoms with Crippen LogP contribution in [0.15, 0.2) is 17.2 Å². The fourth-order valence-corrected chi connectivity index (χ4v) is 0.869. The second kappa shape index (κ2) is 3.19. The van der Waals surface area contributed by atoms with Crippen LogP contribution in [0.4, 0.5) is 5.69 Å². The highest BCUT2D eigenvalue weighted by Gasteiger charge is 2.08. The molecule has 5 nitrogen and oxygen atoms in total. The van der Waals surface area contributed by atoms with Gasteiger partial charge >= 0.3 is 0 Å². The molecular weight excluding hydrogens is 178 g/mol. The molecule has 1 aromatic heterocycles. The fourth-order valence-electron chi connectivity index (χ4n) is 0.629. The van der Waals surface area contributed by atoms with E-state index >= 15 is 0 Å². The van der Waals surface area contributed by atoms with Gasteiger partial charge in [-0.2, -0.15) is 5.26 Å². The van der Waals surface area contributed by atoms with Crippen LogP contribution in [-0.2, 0) is 0 Å². The van der Waals surface area contributed by atoms with Crippen molar-refractivity contribution >= 4 is 18.3 Å². The van der Waals surface area contributed by atoms with Crippen molar-refractivity contribution in [3.05, 3.63) is 28.1 Å². The van der Waals surface area contributed by atoms with Crippen molar-refractivity contribution in [2.45, 2.75) is 4.90 Å². The molecule has 1 heterocycles. The lowest BCUT2D eigenvalue weighted by molar-refractivity contribution is -0.385. The molecule has 0 fully saturated rings. The average molecular weight is 181 g/mol. The number of aromatic nitrogens is 1. The molecule has 0 spiro atoms. The summed E-state index contributed by atoms with van der Waals surface area (Å²) in [5.41, 5.74) is -0.0806. The molecular formula is C6H3N3O2S. The van der Waals surface area contributed by atoms with Crippen LogP contribution in [0.3, 0.4) is 0 Å². The monoisotopic (exact) mass is 181 g/mol. The molecule has 0 saturated heterocycles. The van der Waals surface area contributed by atoms with E-state index in [9.17, 15) is 10.1 Å². The molecule has 0 saturated carbocycles. The number of nitrogens with zero attached hydrogens (tertiary/aromatic N) is 3. The molecule has 0 amide bonds. The Morgan fingerprint density at radius 1 is 1.75 bits per heavy atom. The maximum absolute atomic E-state index is 10.2. The van der Waals surface area contributed by atoms with E-state index in [1.807, 2.05) is 0 Å². The smallest absolute Gasteiger partial charge is 0.258 e.